The maximum Gasteiger partial charge on any atom is 0.305 e. The number of nitrogens with one attached hydrogen (secondary N) is 1. The van der Waals surface area contributed by atoms with Gasteiger partial charge in [-0.3, -0.25) is 9.69 Å². The predicted octanol–water partition coefficient (Wildman–Crippen LogP) is 2.29. The van der Waals surface area contributed by atoms with Crippen LogP contribution in [0.25, 0.3) is 0 Å². The molecule has 0 radical (unpaired) electrons. The van der Waals surface area contributed by atoms with Crippen LogP contribution in [0.1, 0.15) is 18.4 Å². The Kier molecular flexibility index (Phi) is 7.75. The number of piperazine rings is 1. The number of nitrogens with zero attached hydrogens (tertiary/aromatic N) is 2. The highest BCUT2D eigenvalue weighted by Crippen LogP contribution is 2.14. The molecule has 1 heterocycles. The van der Waals surface area contributed by atoms with Crippen molar-refractivity contribution in [3.8, 4) is 0 Å². The fourth-order valence-electron chi connectivity index (χ4n) is 2.64. The van der Waals surface area contributed by atoms with Crippen molar-refractivity contribution in [1.82, 2.24) is 15.1 Å². The van der Waals surface area contributed by atoms with Gasteiger partial charge < -0.3 is 15.0 Å². The van der Waals surface area contributed by atoms with Gasteiger partial charge in [-0.15, -0.1) is 0 Å². The van der Waals surface area contributed by atoms with E-state index in [2.05, 4.69) is 25.9 Å². The van der Waals surface area contributed by atoms with Gasteiger partial charge in [0.15, 0.2) is 5.11 Å². The SMILES string of the molecule is COC(=O)CCCNC(=S)N1CCN(Cc2cccc(Cl)c2)CC1. The van der Waals surface area contributed by atoms with E-state index in [4.69, 9.17) is 23.8 Å². The lowest BCUT2D eigenvalue weighted by Crippen LogP contribution is -2.51. The number of esters is 1. The van der Waals surface area contributed by atoms with Gasteiger partial charge in [-0.05, 0) is 36.3 Å². The van der Waals surface area contributed by atoms with Crippen LogP contribution in [0.3, 0.4) is 0 Å². The van der Waals surface area contributed by atoms with Crippen LogP contribution in [-0.2, 0) is 16.1 Å². The minimum Gasteiger partial charge on any atom is -0.469 e. The van der Waals surface area contributed by atoms with Crippen LogP contribution >= 0.6 is 23.8 Å². The number of ether oxygens (including phenoxy) is 1. The number of hydrogen-bond acceptors (Lipinski definition) is 4. The molecule has 0 aromatic heterocycles. The zero-order valence-electron chi connectivity index (χ0n) is 14.0. The first-order chi connectivity index (χ1) is 11.6. The smallest absolute Gasteiger partial charge is 0.305 e. The molecule has 0 spiro atoms. The number of carbonyl (C=O) groups excluding carboxylic acids is 1. The van der Waals surface area contributed by atoms with Crippen molar-refractivity contribution >= 4 is 34.9 Å². The Morgan fingerprint density at radius 3 is 2.75 bits per heavy atom. The predicted molar refractivity (Wildman–Crippen MR) is 100 cm³/mol. The summed E-state index contributed by atoms with van der Waals surface area (Å²) in [6.07, 6.45) is 1.14. The highest BCUT2D eigenvalue weighted by atomic mass is 35.5. The molecule has 1 N–H and O–H groups in total. The summed E-state index contributed by atoms with van der Waals surface area (Å²) >= 11 is 11.5. The average Bonchev–Trinajstić information content (AvgIpc) is 2.59. The van der Waals surface area contributed by atoms with Crippen LogP contribution < -0.4 is 5.32 Å². The molecule has 24 heavy (non-hydrogen) atoms. The van der Waals surface area contributed by atoms with E-state index in [0.717, 1.165) is 49.3 Å². The van der Waals surface area contributed by atoms with E-state index in [9.17, 15) is 4.79 Å². The monoisotopic (exact) mass is 369 g/mol. The fraction of sp³-hybridized carbons (Fsp3) is 0.529. The molecule has 1 fully saturated rings. The zero-order chi connectivity index (χ0) is 17.4. The Bertz CT molecular complexity index is 563. The van der Waals surface area contributed by atoms with Crippen molar-refractivity contribution < 1.29 is 9.53 Å². The summed E-state index contributed by atoms with van der Waals surface area (Å²) in [5.74, 6) is -0.183. The summed E-state index contributed by atoms with van der Waals surface area (Å²) in [5.41, 5.74) is 1.24. The van der Waals surface area contributed by atoms with E-state index in [1.807, 2.05) is 18.2 Å². The lowest BCUT2D eigenvalue weighted by atomic mass is 10.2. The number of halogens is 1. The topological polar surface area (TPSA) is 44.8 Å². The van der Waals surface area contributed by atoms with E-state index in [1.54, 1.807) is 0 Å². The standard InChI is InChI=1S/C17H24ClN3O2S/c1-23-16(22)6-3-7-19-17(24)21-10-8-20(9-11-21)13-14-4-2-5-15(18)12-14/h2,4-5,12H,3,6-11,13H2,1H3,(H,19,24). The lowest BCUT2D eigenvalue weighted by Gasteiger charge is -2.36. The van der Waals surface area contributed by atoms with Crippen molar-refractivity contribution in [2.24, 2.45) is 0 Å². The number of benzene rings is 1. The second kappa shape index (κ2) is 9.81. The fourth-order valence-corrected chi connectivity index (χ4v) is 3.14. The maximum atomic E-state index is 11.1. The molecule has 5 nitrogen and oxygen atoms in total. The van der Waals surface area contributed by atoms with E-state index < -0.39 is 0 Å². The van der Waals surface area contributed by atoms with Crippen LogP contribution in [0.15, 0.2) is 24.3 Å². The number of carbonyl (C=O) groups is 1. The third kappa shape index (κ3) is 6.26. The highest BCUT2D eigenvalue weighted by Gasteiger charge is 2.18. The molecule has 1 aliphatic rings. The van der Waals surface area contributed by atoms with Crippen LogP contribution in [0.5, 0.6) is 0 Å². The van der Waals surface area contributed by atoms with Crippen LogP contribution in [0, 0.1) is 0 Å². The first kappa shape index (κ1) is 19.0. The first-order valence-corrected chi connectivity index (χ1v) is 8.93. The Morgan fingerprint density at radius 2 is 2.08 bits per heavy atom. The van der Waals surface area contributed by atoms with E-state index in [-0.39, 0.29) is 5.97 Å². The lowest BCUT2D eigenvalue weighted by molar-refractivity contribution is -0.140. The summed E-state index contributed by atoms with van der Waals surface area (Å²) in [4.78, 5) is 15.6. The van der Waals surface area contributed by atoms with Gasteiger partial charge in [0.1, 0.15) is 0 Å². The minimum absolute atomic E-state index is 0.183. The van der Waals surface area contributed by atoms with Crippen molar-refractivity contribution in [2.45, 2.75) is 19.4 Å². The molecular weight excluding hydrogens is 346 g/mol. The van der Waals surface area contributed by atoms with Gasteiger partial charge in [0.2, 0.25) is 0 Å². The molecule has 0 atom stereocenters. The van der Waals surface area contributed by atoms with E-state index in [1.165, 1.54) is 12.7 Å². The summed E-state index contributed by atoms with van der Waals surface area (Å²) in [7, 11) is 1.41. The summed E-state index contributed by atoms with van der Waals surface area (Å²) in [6, 6.07) is 8.00. The quantitative estimate of drug-likeness (QED) is 0.471. The third-order valence-electron chi connectivity index (χ3n) is 4.02. The molecule has 0 saturated carbocycles. The molecule has 2 rings (SSSR count). The van der Waals surface area contributed by atoms with E-state index in [0.29, 0.717) is 13.0 Å². The molecule has 0 unspecified atom stereocenters. The second-order valence-corrected chi connectivity index (χ2v) is 6.63. The van der Waals surface area contributed by atoms with Crippen molar-refractivity contribution in [3.63, 3.8) is 0 Å². The zero-order valence-corrected chi connectivity index (χ0v) is 15.5. The Hall–Kier alpha value is -1.37. The molecule has 1 aromatic rings. The highest BCUT2D eigenvalue weighted by molar-refractivity contribution is 7.80. The van der Waals surface area contributed by atoms with Crippen LogP contribution in [0.4, 0.5) is 0 Å². The number of rotatable bonds is 6. The molecule has 0 amide bonds. The average molecular weight is 370 g/mol. The Balaban J connectivity index is 1.66. The van der Waals surface area contributed by atoms with Crippen LogP contribution in [-0.4, -0.2) is 60.7 Å². The first-order valence-electron chi connectivity index (χ1n) is 8.15. The van der Waals surface area contributed by atoms with E-state index >= 15 is 0 Å². The van der Waals surface area contributed by atoms with Gasteiger partial charge in [0.05, 0.1) is 7.11 Å². The van der Waals surface area contributed by atoms with Crippen molar-refractivity contribution in [2.75, 3.05) is 39.8 Å². The largest absolute Gasteiger partial charge is 0.469 e. The third-order valence-corrected chi connectivity index (χ3v) is 4.65. The molecule has 132 valence electrons. The second-order valence-electron chi connectivity index (χ2n) is 5.80. The van der Waals surface area contributed by atoms with Gasteiger partial charge >= 0.3 is 5.97 Å². The molecule has 7 heteroatoms. The van der Waals surface area contributed by atoms with Gasteiger partial charge in [-0.1, -0.05) is 23.7 Å². The van der Waals surface area contributed by atoms with Gasteiger partial charge in [0.25, 0.3) is 0 Å². The van der Waals surface area contributed by atoms with Crippen molar-refractivity contribution in [1.29, 1.82) is 0 Å². The normalized spacial score (nSPS) is 15.2. The van der Waals surface area contributed by atoms with Gasteiger partial charge in [-0.25, -0.2) is 0 Å². The molecule has 1 aromatic carbocycles. The van der Waals surface area contributed by atoms with Crippen molar-refractivity contribution in [3.05, 3.63) is 34.9 Å². The summed E-state index contributed by atoms with van der Waals surface area (Å²) in [5, 5.41) is 4.76. The van der Waals surface area contributed by atoms with Gasteiger partial charge in [-0.2, -0.15) is 0 Å². The molecule has 1 saturated heterocycles. The number of hydrogen-bond donors (Lipinski definition) is 1. The Labute approximate surface area is 153 Å². The Morgan fingerprint density at radius 1 is 1.33 bits per heavy atom. The number of methoxy groups -OCH3 is 1. The van der Waals surface area contributed by atoms with Crippen LogP contribution in [0.2, 0.25) is 5.02 Å². The molecule has 0 bridgehead atoms. The molecule has 1 aliphatic heterocycles. The molecule has 0 aliphatic carbocycles. The summed E-state index contributed by atoms with van der Waals surface area (Å²) < 4.78 is 4.62. The van der Waals surface area contributed by atoms with Gasteiger partial charge in [0, 0.05) is 50.7 Å². The molecular formula is C17H24ClN3O2S. The minimum atomic E-state index is -0.183. The summed E-state index contributed by atoms with van der Waals surface area (Å²) in [6.45, 7) is 5.35. The maximum absolute atomic E-state index is 11.1. The number of thiocarbonyl (C=S) groups is 1.